The van der Waals surface area contributed by atoms with Crippen molar-refractivity contribution >= 4 is 11.5 Å². The number of aryl methyl sites for hydroxylation is 2. The first-order valence-corrected chi connectivity index (χ1v) is 8.46. The molecule has 1 aliphatic rings. The van der Waals surface area contributed by atoms with Gasteiger partial charge in [0, 0.05) is 0 Å². The summed E-state index contributed by atoms with van der Waals surface area (Å²) in [5, 5.41) is 9.03. The summed E-state index contributed by atoms with van der Waals surface area (Å²) >= 11 is 0. The van der Waals surface area contributed by atoms with Gasteiger partial charge < -0.3 is 5.11 Å². The van der Waals surface area contributed by atoms with Crippen LogP contribution in [0.3, 0.4) is 0 Å². The van der Waals surface area contributed by atoms with Gasteiger partial charge in [-0.05, 0) is 77.1 Å². The lowest BCUT2D eigenvalue weighted by Crippen LogP contribution is -2.24. The molecule has 2 nitrogen and oxygen atoms in total. The third-order valence-corrected chi connectivity index (χ3v) is 5.23. The molecule has 1 aliphatic carbocycles. The summed E-state index contributed by atoms with van der Waals surface area (Å²) in [6.07, 6.45) is 3.58. The summed E-state index contributed by atoms with van der Waals surface area (Å²) in [7, 11) is 0. The molecule has 3 rings (SSSR count). The molecule has 0 spiro atoms. The number of carboxylic acid groups (broad SMARTS) is 1. The number of fused-ring (bicyclic) bond motifs is 1. The van der Waals surface area contributed by atoms with E-state index in [1.807, 2.05) is 12.1 Å². The van der Waals surface area contributed by atoms with E-state index in [9.17, 15) is 4.79 Å². The minimum absolute atomic E-state index is 0.237. The molecule has 0 aliphatic heterocycles. The smallest absolute Gasteiger partial charge is 0.335 e. The number of aromatic carboxylic acids is 1. The first-order chi connectivity index (χ1) is 11.3. The molecule has 1 N–H and O–H groups in total. The van der Waals surface area contributed by atoms with Gasteiger partial charge in [-0.15, -0.1) is 0 Å². The van der Waals surface area contributed by atoms with E-state index in [-0.39, 0.29) is 5.41 Å². The van der Waals surface area contributed by atoms with E-state index in [0.29, 0.717) is 5.56 Å². The Kier molecular flexibility index (Phi) is 4.08. The second-order valence-corrected chi connectivity index (χ2v) is 7.42. The predicted molar refractivity (Wildman–Crippen MR) is 98.7 cm³/mol. The van der Waals surface area contributed by atoms with Crippen LogP contribution in [0.5, 0.6) is 0 Å². The van der Waals surface area contributed by atoms with Gasteiger partial charge in [0.05, 0.1) is 5.56 Å². The molecule has 0 heterocycles. The first-order valence-electron chi connectivity index (χ1n) is 8.46. The fourth-order valence-corrected chi connectivity index (χ4v) is 3.74. The van der Waals surface area contributed by atoms with Crippen LogP contribution in [0.25, 0.3) is 5.57 Å². The van der Waals surface area contributed by atoms with Crippen LogP contribution in [0, 0.1) is 6.92 Å². The van der Waals surface area contributed by atoms with Crippen molar-refractivity contribution in [1.82, 2.24) is 0 Å². The summed E-state index contributed by atoms with van der Waals surface area (Å²) in [4.78, 5) is 11.0. The Balaban J connectivity index is 2.00. The molecule has 0 radical (unpaired) electrons. The van der Waals surface area contributed by atoms with Gasteiger partial charge in [-0.1, -0.05) is 44.7 Å². The molecule has 2 heteroatoms. The van der Waals surface area contributed by atoms with E-state index in [0.717, 1.165) is 23.1 Å². The van der Waals surface area contributed by atoms with Crippen LogP contribution in [0.2, 0.25) is 0 Å². The Bertz CT molecular complexity index is 811. The maximum Gasteiger partial charge on any atom is 0.335 e. The maximum absolute atomic E-state index is 11.0. The number of rotatable bonds is 3. The molecular weight excluding hydrogens is 296 g/mol. The molecule has 2 aromatic carbocycles. The summed E-state index contributed by atoms with van der Waals surface area (Å²) in [6.45, 7) is 11.1. The van der Waals surface area contributed by atoms with Crippen molar-refractivity contribution < 1.29 is 9.90 Å². The van der Waals surface area contributed by atoms with E-state index in [4.69, 9.17) is 5.11 Å². The highest BCUT2D eigenvalue weighted by Crippen LogP contribution is 2.39. The molecule has 0 unspecified atom stereocenters. The van der Waals surface area contributed by atoms with Gasteiger partial charge in [0.1, 0.15) is 0 Å². The second-order valence-electron chi connectivity index (χ2n) is 7.42. The number of hydrogen-bond donors (Lipinski definition) is 1. The van der Waals surface area contributed by atoms with Crippen LogP contribution in [-0.2, 0) is 11.8 Å². The van der Waals surface area contributed by atoms with Crippen LogP contribution in [0.1, 0.15) is 64.9 Å². The number of carboxylic acids is 1. The van der Waals surface area contributed by atoms with Crippen molar-refractivity contribution in [1.29, 1.82) is 0 Å². The van der Waals surface area contributed by atoms with Gasteiger partial charge in [-0.3, -0.25) is 0 Å². The molecule has 0 saturated heterocycles. The third kappa shape index (κ3) is 2.89. The molecule has 0 saturated carbocycles. The fourth-order valence-electron chi connectivity index (χ4n) is 3.74. The molecular formula is C22H24O2. The zero-order valence-electron chi connectivity index (χ0n) is 14.6. The van der Waals surface area contributed by atoms with E-state index in [2.05, 4.69) is 39.5 Å². The fraction of sp³-hybridized carbons (Fsp3) is 0.318. The van der Waals surface area contributed by atoms with Crippen molar-refractivity contribution in [2.75, 3.05) is 0 Å². The molecule has 0 aromatic heterocycles. The minimum Gasteiger partial charge on any atom is -0.478 e. The van der Waals surface area contributed by atoms with Gasteiger partial charge in [0.2, 0.25) is 0 Å². The molecule has 0 bridgehead atoms. The Hall–Kier alpha value is -2.35. The quantitative estimate of drug-likeness (QED) is 0.825. The topological polar surface area (TPSA) is 37.3 Å². The van der Waals surface area contributed by atoms with E-state index in [1.54, 1.807) is 12.1 Å². The summed E-state index contributed by atoms with van der Waals surface area (Å²) in [5.74, 6) is -0.903. The molecule has 0 atom stereocenters. The van der Waals surface area contributed by atoms with Crippen molar-refractivity contribution in [3.05, 3.63) is 76.4 Å². The van der Waals surface area contributed by atoms with Crippen LogP contribution in [0.4, 0.5) is 0 Å². The number of carbonyl (C=O) groups is 1. The van der Waals surface area contributed by atoms with Crippen LogP contribution >= 0.6 is 0 Å². The highest BCUT2D eigenvalue weighted by molar-refractivity contribution is 5.89. The summed E-state index contributed by atoms with van der Waals surface area (Å²) in [5.41, 5.74) is 7.75. The normalized spacial score (nSPS) is 15.6. The minimum atomic E-state index is -0.903. The zero-order valence-corrected chi connectivity index (χ0v) is 14.6. The Morgan fingerprint density at radius 1 is 1.12 bits per heavy atom. The highest BCUT2D eigenvalue weighted by Gasteiger charge is 2.28. The monoisotopic (exact) mass is 320 g/mol. The van der Waals surface area contributed by atoms with E-state index >= 15 is 0 Å². The molecule has 124 valence electrons. The molecule has 24 heavy (non-hydrogen) atoms. The lowest BCUT2D eigenvalue weighted by atomic mass is 9.71. The van der Waals surface area contributed by atoms with Gasteiger partial charge in [-0.25, -0.2) is 4.79 Å². The average Bonchev–Trinajstić information content (AvgIpc) is 2.54. The van der Waals surface area contributed by atoms with Gasteiger partial charge in [0.25, 0.3) is 0 Å². The Morgan fingerprint density at radius 3 is 2.38 bits per heavy atom. The Labute approximate surface area is 143 Å². The van der Waals surface area contributed by atoms with Crippen molar-refractivity contribution in [2.24, 2.45) is 0 Å². The Morgan fingerprint density at radius 2 is 1.75 bits per heavy atom. The lowest BCUT2D eigenvalue weighted by molar-refractivity contribution is 0.0697. The van der Waals surface area contributed by atoms with Gasteiger partial charge in [-0.2, -0.15) is 0 Å². The van der Waals surface area contributed by atoms with E-state index < -0.39 is 5.97 Å². The van der Waals surface area contributed by atoms with Crippen molar-refractivity contribution in [3.8, 4) is 0 Å². The van der Waals surface area contributed by atoms with Crippen molar-refractivity contribution in [2.45, 2.75) is 45.4 Å². The SMILES string of the molecule is C=C(c1ccc(C(=O)O)cc1)c1cc2c(cc1C)C(C)(C)CCC2. The van der Waals surface area contributed by atoms with Gasteiger partial charge >= 0.3 is 5.97 Å². The third-order valence-electron chi connectivity index (χ3n) is 5.23. The highest BCUT2D eigenvalue weighted by atomic mass is 16.4. The van der Waals surface area contributed by atoms with E-state index in [1.165, 1.54) is 29.5 Å². The largest absolute Gasteiger partial charge is 0.478 e. The summed E-state index contributed by atoms with van der Waals surface area (Å²) in [6, 6.07) is 11.6. The zero-order chi connectivity index (χ0) is 17.5. The maximum atomic E-state index is 11.0. The van der Waals surface area contributed by atoms with Crippen LogP contribution in [0.15, 0.2) is 43.0 Å². The van der Waals surface area contributed by atoms with Gasteiger partial charge in [0.15, 0.2) is 0 Å². The number of hydrogen-bond acceptors (Lipinski definition) is 1. The predicted octanol–water partition coefficient (Wildman–Crippen LogP) is 5.37. The molecule has 2 aromatic rings. The van der Waals surface area contributed by atoms with Crippen molar-refractivity contribution in [3.63, 3.8) is 0 Å². The van der Waals surface area contributed by atoms with Crippen LogP contribution in [-0.4, -0.2) is 11.1 Å². The number of benzene rings is 2. The second kappa shape index (κ2) is 5.94. The standard InChI is InChI=1S/C22H24O2/c1-14-12-20-18(6-5-11-22(20,3)4)13-19(14)15(2)16-7-9-17(10-8-16)21(23)24/h7-10,12-13H,2,5-6,11H2,1,3-4H3,(H,23,24). The molecule has 0 fully saturated rings. The molecule has 0 amide bonds. The lowest BCUT2D eigenvalue weighted by Gasteiger charge is -2.33. The average molecular weight is 320 g/mol. The van der Waals surface area contributed by atoms with Crippen LogP contribution < -0.4 is 0 Å². The first kappa shape index (κ1) is 16.5. The summed E-state index contributed by atoms with van der Waals surface area (Å²) < 4.78 is 0.